The van der Waals surface area contributed by atoms with Crippen molar-refractivity contribution in [1.82, 2.24) is 4.31 Å². The van der Waals surface area contributed by atoms with Gasteiger partial charge in [0, 0.05) is 31.6 Å². The minimum atomic E-state index is -3.57. The fourth-order valence-electron chi connectivity index (χ4n) is 3.43. The van der Waals surface area contributed by atoms with Crippen LogP contribution < -0.4 is 4.90 Å². The first kappa shape index (κ1) is 16.8. The van der Waals surface area contributed by atoms with Crippen LogP contribution in [-0.2, 0) is 24.2 Å². The van der Waals surface area contributed by atoms with E-state index < -0.39 is 21.9 Å². The van der Waals surface area contributed by atoms with Gasteiger partial charge in [-0.25, -0.2) is 13.2 Å². The highest BCUT2D eigenvalue weighted by molar-refractivity contribution is 7.89. The van der Waals surface area contributed by atoms with Crippen LogP contribution in [0.4, 0.5) is 10.5 Å². The molecule has 9 heteroatoms. The third kappa shape index (κ3) is 3.01. The Balaban J connectivity index is 1.48. The van der Waals surface area contributed by atoms with Gasteiger partial charge in [-0.3, -0.25) is 4.90 Å². The van der Waals surface area contributed by atoms with E-state index in [0.717, 1.165) is 0 Å². The molecule has 0 atom stereocenters. The maximum Gasteiger partial charge on any atom is 0.414 e. The van der Waals surface area contributed by atoms with Gasteiger partial charge in [0.25, 0.3) is 0 Å². The molecule has 0 N–H and O–H groups in total. The number of nitrogens with zero attached hydrogens (tertiary/aromatic N) is 2. The summed E-state index contributed by atoms with van der Waals surface area (Å²) in [4.78, 5) is 13.3. The maximum atomic E-state index is 12.8. The molecule has 0 saturated carbocycles. The molecule has 25 heavy (non-hydrogen) atoms. The number of piperidine rings is 1. The molecule has 0 aliphatic carbocycles. The standard InChI is InChI=1S/C16H20N2O6S/c19-15-18(9-10-22-15)13-1-3-14(4-2-13)25(20,21)17-7-5-16(6-8-17)23-11-12-24-16/h1-4H,5-12H2. The average Bonchev–Trinajstić information content (AvgIpc) is 3.25. The van der Waals surface area contributed by atoms with Crippen molar-refractivity contribution >= 4 is 21.8 Å². The fourth-order valence-corrected chi connectivity index (χ4v) is 4.87. The second kappa shape index (κ2) is 6.24. The zero-order valence-electron chi connectivity index (χ0n) is 13.7. The molecular weight excluding hydrogens is 348 g/mol. The molecule has 136 valence electrons. The third-order valence-corrected chi connectivity index (χ3v) is 6.76. The van der Waals surface area contributed by atoms with Crippen LogP contribution in [0.3, 0.4) is 0 Å². The summed E-state index contributed by atoms with van der Waals surface area (Å²) in [7, 11) is -3.57. The quantitative estimate of drug-likeness (QED) is 0.796. The van der Waals surface area contributed by atoms with Gasteiger partial charge in [0.15, 0.2) is 5.79 Å². The number of amides is 1. The molecule has 0 unspecified atom stereocenters. The van der Waals surface area contributed by atoms with Crippen LogP contribution >= 0.6 is 0 Å². The fraction of sp³-hybridized carbons (Fsp3) is 0.562. The van der Waals surface area contributed by atoms with Crippen LogP contribution in [0.15, 0.2) is 29.2 Å². The zero-order valence-corrected chi connectivity index (χ0v) is 14.5. The summed E-state index contributed by atoms with van der Waals surface area (Å²) in [6, 6.07) is 6.33. The first-order chi connectivity index (χ1) is 12.0. The van der Waals surface area contributed by atoms with Crippen molar-refractivity contribution < 1.29 is 27.4 Å². The molecule has 0 radical (unpaired) electrons. The second-order valence-corrected chi connectivity index (χ2v) is 8.21. The molecule has 3 saturated heterocycles. The molecule has 0 aromatic heterocycles. The van der Waals surface area contributed by atoms with Crippen LogP contribution in [0.5, 0.6) is 0 Å². The number of benzene rings is 1. The number of carbonyl (C=O) groups excluding carboxylic acids is 1. The van der Waals surface area contributed by atoms with Gasteiger partial charge in [0.05, 0.1) is 24.7 Å². The number of carbonyl (C=O) groups is 1. The summed E-state index contributed by atoms with van der Waals surface area (Å²) < 4.78 is 43.3. The molecule has 3 heterocycles. The molecule has 1 aromatic carbocycles. The van der Waals surface area contributed by atoms with Crippen molar-refractivity contribution in [2.24, 2.45) is 0 Å². The highest BCUT2D eigenvalue weighted by Gasteiger charge is 2.42. The van der Waals surface area contributed by atoms with Crippen LogP contribution in [0.25, 0.3) is 0 Å². The Hall–Kier alpha value is -1.68. The van der Waals surface area contributed by atoms with Crippen LogP contribution in [-0.4, -0.2) is 64.1 Å². The Morgan fingerprint density at radius 2 is 1.56 bits per heavy atom. The zero-order chi connectivity index (χ0) is 17.5. The average molecular weight is 368 g/mol. The topological polar surface area (TPSA) is 85.4 Å². The minimum Gasteiger partial charge on any atom is -0.447 e. The Morgan fingerprint density at radius 3 is 2.12 bits per heavy atom. The first-order valence-electron chi connectivity index (χ1n) is 8.33. The smallest absolute Gasteiger partial charge is 0.414 e. The SMILES string of the molecule is O=C1OCCN1c1ccc(S(=O)(=O)N2CCC3(CC2)OCCO3)cc1. The summed E-state index contributed by atoms with van der Waals surface area (Å²) in [5.41, 5.74) is 0.631. The molecule has 3 fully saturated rings. The number of cyclic esters (lactones) is 1. The van der Waals surface area contributed by atoms with E-state index in [1.807, 2.05) is 0 Å². The molecule has 1 amide bonds. The molecular formula is C16H20N2O6S. The first-order valence-corrected chi connectivity index (χ1v) is 9.77. The monoisotopic (exact) mass is 368 g/mol. The van der Waals surface area contributed by atoms with Crippen molar-refractivity contribution in [1.29, 1.82) is 0 Å². The largest absolute Gasteiger partial charge is 0.447 e. The number of sulfonamides is 1. The van der Waals surface area contributed by atoms with Crippen molar-refractivity contribution in [3.8, 4) is 0 Å². The summed E-state index contributed by atoms with van der Waals surface area (Å²) in [6.07, 6.45) is 0.655. The Kier molecular flexibility index (Phi) is 4.19. The molecule has 0 bridgehead atoms. The van der Waals surface area contributed by atoms with Crippen molar-refractivity contribution in [2.75, 3.05) is 44.4 Å². The second-order valence-electron chi connectivity index (χ2n) is 6.27. The predicted molar refractivity (Wildman–Crippen MR) is 87.8 cm³/mol. The summed E-state index contributed by atoms with van der Waals surface area (Å²) in [6.45, 7) is 2.67. The van der Waals surface area contributed by atoms with E-state index in [0.29, 0.717) is 58.0 Å². The van der Waals surface area contributed by atoms with Gasteiger partial charge < -0.3 is 14.2 Å². The van der Waals surface area contributed by atoms with Gasteiger partial charge in [-0.15, -0.1) is 0 Å². The van der Waals surface area contributed by atoms with E-state index in [1.165, 1.54) is 21.3 Å². The molecule has 1 spiro atoms. The number of anilines is 1. The third-order valence-electron chi connectivity index (χ3n) is 4.84. The lowest BCUT2D eigenvalue weighted by Crippen LogP contribution is -2.47. The Labute approximate surface area is 146 Å². The molecule has 1 aromatic rings. The van der Waals surface area contributed by atoms with E-state index in [4.69, 9.17) is 14.2 Å². The lowest BCUT2D eigenvalue weighted by atomic mass is 10.1. The van der Waals surface area contributed by atoms with Crippen LogP contribution in [0.1, 0.15) is 12.8 Å². The number of hydrogen-bond acceptors (Lipinski definition) is 6. The number of rotatable bonds is 3. The molecule has 3 aliphatic rings. The minimum absolute atomic E-state index is 0.216. The Bertz CT molecular complexity index is 747. The van der Waals surface area contributed by atoms with E-state index in [2.05, 4.69) is 0 Å². The highest BCUT2D eigenvalue weighted by Crippen LogP contribution is 2.33. The van der Waals surface area contributed by atoms with Gasteiger partial charge in [-0.05, 0) is 24.3 Å². The van der Waals surface area contributed by atoms with E-state index in [1.54, 1.807) is 12.1 Å². The number of ether oxygens (including phenoxy) is 3. The lowest BCUT2D eigenvalue weighted by Gasteiger charge is -2.36. The van der Waals surface area contributed by atoms with Gasteiger partial charge in [0.1, 0.15) is 6.61 Å². The van der Waals surface area contributed by atoms with E-state index in [9.17, 15) is 13.2 Å². The normalized spacial score (nSPS) is 24.0. The van der Waals surface area contributed by atoms with Gasteiger partial charge in [-0.1, -0.05) is 0 Å². The van der Waals surface area contributed by atoms with Crippen LogP contribution in [0.2, 0.25) is 0 Å². The van der Waals surface area contributed by atoms with Crippen molar-refractivity contribution in [3.05, 3.63) is 24.3 Å². The van der Waals surface area contributed by atoms with Gasteiger partial charge in [-0.2, -0.15) is 4.31 Å². The van der Waals surface area contributed by atoms with Crippen molar-refractivity contribution in [3.63, 3.8) is 0 Å². The molecule has 3 aliphatic heterocycles. The molecule has 4 rings (SSSR count). The van der Waals surface area contributed by atoms with E-state index >= 15 is 0 Å². The van der Waals surface area contributed by atoms with Gasteiger partial charge in [0.2, 0.25) is 10.0 Å². The van der Waals surface area contributed by atoms with E-state index in [-0.39, 0.29) is 4.90 Å². The summed E-state index contributed by atoms with van der Waals surface area (Å²) in [5.74, 6) is -0.605. The predicted octanol–water partition coefficient (Wildman–Crippen LogP) is 1.17. The van der Waals surface area contributed by atoms with Crippen molar-refractivity contribution in [2.45, 2.75) is 23.5 Å². The maximum absolute atomic E-state index is 12.8. The molecule has 8 nitrogen and oxygen atoms in total. The van der Waals surface area contributed by atoms with Crippen LogP contribution in [0, 0.1) is 0 Å². The summed E-state index contributed by atoms with van der Waals surface area (Å²) >= 11 is 0. The summed E-state index contributed by atoms with van der Waals surface area (Å²) in [5, 5.41) is 0. The Morgan fingerprint density at radius 1 is 0.920 bits per heavy atom. The number of hydrogen-bond donors (Lipinski definition) is 0. The van der Waals surface area contributed by atoms with Gasteiger partial charge >= 0.3 is 6.09 Å². The lowest BCUT2D eigenvalue weighted by molar-refractivity contribution is -0.179. The highest BCUT2D eigenvalue weighted by atomic mass is 32.2.